The fraction of sp³-hybridized carbons (Fsp3) is 0.646. The van der Waals surface area contributed by atoms with Gasteiger partial charge in [-0.1, -0.05) is 96.4 Å². The third kappa shape index (κ3) is 25.8. The van der Waals surface area contributed by atoms with E-state index in [-0.39, 0.29) is 59.9 Å². The lowest BCUT2D eigenvalue weighted by Crippen LogP contribution is -2.44. The van der Waals surface area contributed by atoms with Gasteiger partial charge in [-0.3, -0.25) is 24.1 Å². The second-order valence-electron chi connectivity index (χ2n) is 16.2. The first-order valence-electron chi connectivity index (χ1n) is 23.3. The van der Waals surface area contributed by atoms with Gasteiger partial charge >= 0.3 is 0 Å². The minimum Gasteiger partial charge on any atom is -0.508 e. The zero-order chi connectivity index (χ0) is 47.7. The fourth-order valence-corrected chi connectivity index (χ4v) is 9.50. The Morgan fingerprint density at radius 3 is 2.31 bits per heavy atom. The van der Waals surface area contributed by atoms with Gasteiger partial charge in [-0.25, -0.2) is 4.98 Å². The van der Waals surface area contributed by atoms with Crippen molar-refractivity contribution < 1.29 is 29.0 Å². The van der Waals surface area contributed by atoms with Crippen LogP contribution in [0.2, 0.25) is 0 Å². The summed E-state index contributed by atoms with van der Waals surface area (Å²) in [6.45, 7) is 22.3. The van der Waals surface area contributed by atoms with E-state index in [4.69, 9.17) is 15.5 Å². The first kappa shape index (κ1) is 58.4. The van der Waals surface area contributed by atoms with Crippen molar-refractivity contribution in [1.29, 1.82) is 0 Å². The van der Waals surface area contributed by atoms with Gasteiger partial charge in [-0.2, -0.15) is 0 Å². The molecule has 1 aromatic carbocycles. The number of nitrogens with zero attached hydrogens (tertiary/aromatic N) is 3. The van der Waals surface area contributed by atoms with Gasteiger partial charge in [0.2, 0.25) is 17.7 Å². The highest BCUT2D eigenvalue weighted by Gasteiger charge is 2.31. The number of hydrogen-bond donors (Lipinski definition) is 5. The number of thiazole rings is 1. The average molecular weight is 948 g/mol. The topological polar surface area (TPSA) is 179 Å². The van der Waals surface area contributed by atoms with Crippen LogP contribution in [-0.4, -0.2) is 108 Å². The largest absolute Gasteiger partial charge is 0.508 e. The highest BCUT2D eigenvalue weighted by atomic mass is 33.1. The Morgan fingerprint density at radius 1 is 0.984 bits per heavy atom. The van der Waals surface area contributed by atoms with Crippen LogP contribution in [0.4, 0.5) is 0 Å². The highest BCUT2D eigenvalue weighted by molar-refractivity contribution is 8.78. The number of carbonyl (C=O) groups excluding carboxylic acids is 4. The van der Waals surface area contributed by atoms with E-state index in [0.717, 1.165) is 72.8 Å². The molecule has 1 aromatic heterocycles. The maximum atomic E-state index is 13.7. The summed E-state index contributed by atoms with van der Waals surface area (Å²) in [5.74, 6) is 0.681. The van der Waals surface area contributed by atoms with Gasteiger partial charge in [0.15, 0.2) is 0 Å². The summed E-state index contributed by atoms with van der Waals surface area (Å²) < 4.78 is 6.36. The van der Waals surface area contributed by atoms with E-state index in [2.05, 4.69) is 77.1 Å². The second kappa shape index (κ2) is 35.7. The Bertz CT molecular complexity index is 1640. The third-order valence-corrected chi connectivity index (χ3v) is 13.3. The summed E-state index contributed by atoms with van der Waals surface area (Å²) in [4.78, 5) is 59.0. The second-order valence-corrected chi connectivity index (χ2v) is 19.6. The van der Waals surface area contributed by atoms with E-state index in [1.807, 2.05) is 35.1 Å². The molecule has 2 aromatic rings. The van der Waals surface area contributed by atoms with Crippen LogP contribution in [0, 0.1) is 5.92 Å². The zero-order valence-corrected chi connectivity index (χ0v) is 42.6. The van der Waals surface area contributed by atoms with Gasteiger partial charge in [0.25, 0.3) is 5.91 Å². The molecule has 16 heteroatoms. The quantitative estimate of drug-likeness (QED) is 0.0257. The Kier molecular flexibility index (Phi) is 32.6. The van der Waals surface area contributed by atoms with Crippen molar-refractivity contribution in [2.45, 2.75) is 144 Å². The number of rotatable bonds is 34. The van der Waals surface area contributed by atoms with E-state index in [1.54, 1.807) is 39.1 Å². The number of hydrogen-bond acceptors (Lipinski definition) is 12. The smallest absolute Gasteiger partial charge is 0.270 e. The lowest BCUT2D eigenvalue weighted by Gasteiger charge is -2.36. The lowest BCUT2D eigenvalue weighted by atomic mass is 9.95. The molecule has 0 aliphatic carbocycles. The number of phenolic OH excluding ortho intramolecular Hbond substituents is 1. The van der Waals surface area contributed by atoms with Crippen molar-refractivity contribution >= 4 is 56.6 Å². The average Bonchev–Trinajstić information content (AvgIpc) is 3.76. The first-order chi connectivity index (χ1) is 30.7. The van der Waals surface area contributed by atoms with Crippen LogP contribution >= 0.6 is 32.9 Å². The molecule has 362 valence electrons. The summed E-state index contributed by atoms with van der Waals surface area (Å²) in [5.41, 5.74) is 6.22. The standard InChI is InChI=1S/C41H65N5O5S3.C7H16N2O/c1-8-13-15-39(49)46(24-11-4)35(30(6)7)28-36(51-25-12-5)41-45-34(29-52-41)40(50)44-32(27-31-16-19-33(47)20-17-31)18-21-37(48)42-23-26-53-54-38(14-9-2)43-22-10-3;1-3-4-5-9(2)6-7(8)10/h10,14,16-17,19-20,29-30,32,35-36,43,47H,3,8-9,11-13,15,18,21-28H2,1-2,4-7H3,(H,42,48)(H,44,50);3-6H2,1-2H3,(H2,8,10)/b38-14+;. The molecule has 0 spiro atoms. The number of aromatic hydroxyl groups is 1. The number of amides is 4. The molecule has 0 aliphatic heterocycles. The van der Waals surface area contributed by atoms with Crippen molar-refractivity contribution in [3.63, 3.8) is 0 Å². The molecule has 4 amide bonds. The van der Waals surface area contributed by atoms with Crippen LogP contribution in [-0.2, 0) is 25.5 Å². The molecule has 13 nitrogen and oxygen atoms in total. The van der Waals surface area contributed by atoms with E-state index in [9.17, 15) is 24.3 Å². The highest BCUT2D eigenvalue weighted by Crippen LogP contribution is 2.32. The molecule has 1 heterocycles. The van der Waals surface area contributed by atoms with Crippen LogP contribution in [0.25, 0.3) is 0 Å². The number of ether oxygens (including phenoxy) is 1. The summed E-state index contributed by atoms with van der Waals surface area (Å²) in [6, 6.07) is 6.53. The van der Waals surface area contributed by atoms with Crippen molar-refractivity contribution in [1.82, 2.24) is 30.7 Å². The Balaban J connectivity index is 0.00000181. The number of unbranched alkanes of at least 4 members (excludes halogenated alkanes) is 2. The Labute approximate surface area is 397 Å². The molecule has 0 saturated carbocycles. The van der Waals surface area contributed by atoms with Gasteiger partial charge in [-0.15, -0.1) is 17.9 Å². The zero-order valence-electron chi connectivity index (χ0n) is 40.1. The number of carbonyl (C=O) groups is 4. The maximum Gasteiger partial charge on any atom is 0.270 e. The molecule has 0 aliphatic rings. The van der Waals surface area contributed by atoms with E-state index in [1.165, 1.54) is 11.3 Å². The number of allylic oxidation sites excluding steroid dienone is 1. The molecule has 6 N–H and O–H groups in total. The summed E-state index contributed by atoms with van der Waals surface area (Å²) in [6.07, 6.45) is 12.7. The summed E-state index contributed by atoms with van der Waals surface area (Å²) >= 11 is 1.40. The van der Waals surface area contributed by atoms with Crippen LogP contribution in [0.3, 0.4) is 0 Å². The molecule has 0 fully saturated rings. The Morgan fingerprint density at radius 2 is 1.70 bits per heavy atom. The monoisotopic (exact) mass is 948 g/mol. The predicted octanol–water partition coefficient (Wildman–Crippen LogP) is 9.01. The fourth-order valence-electron chi connectivity index (χ4n) is 6.61. The summed E-state index contributed by atoms with van der Waals surface area (Å²) in [5, 5.41) is 22.8. The van der Waals surface area contributed by atoms with Crippen molar-refractivity contribution in [3.05, 3.63) is 69.7 Å². The molecule has 3 atom stereocenters. The predicted molar refractivity (Wildman–Crippen MR) is 269 cm³/mol. The number of phenols is 1. The number of aromatic nitrogens is 1. The first-order valence-corrected chi connectivity index (χ1v) is 26.5. The van der Waals surface area contributed by atoms with E-state index in [0.29, 0.717) is 64.2 Å². The van der Waals surface area contributed by atoms with Gasteiger partial charge < -0.3 is 36.4 Å². The SMILES string of the molecule is C=CCN/C(=C\CC)SSCCNC(=O)CCC(Cc1ccc(O)cc1)NC(=O)c1csc(C(CC(C(C)C)N(CCC)C(=O)CCCC)OCCC)n1.CCCCN(C)CC(N)=O. The van der Waals surface area contributed by atoms with Crippen molar-refractivity contribution in [2.24, 2.45) is 11.7 Å². The number of primary amides is 1. The maximum absolute atomic E-state index is 13.7. The van der Waals surface area contributed by atoms with Crippen LogP contribution in [0.1, 0.15) is 146 Å². The number of likely N-dealkylation sites (N-methyl/N-ethyl adjacent to an activating group) is 1. The van der Waals surface area contributed by atoms with Crippen molar-refractivity contribution in [3.8, 4) is 5.75 Å². The number of nitrogens with two attached hydrogens (primary N) is 1. The van der Waals surface area contributed by atoms with Crippen LogP contribution in [0.5, 0.6) is 5.75 Å². The van der Waals surface area contributed by atoms with Crippen LogP contribution in [0.15, 0.2) is 53.4 Å². The summed E-state index contributed by atoms with van der Waals surface area (Å²) in [7, 11) is 5.23. The normalized spacial score (nSPS) is 12.8. The molecule has 2 rings (SSSR count). The number of nitrogens with one attached hydrogen (secondary N) is 3. The lowest BCUT2D eigenvalue weighted by molar-refractivity contribution is -0.136. The molecule has 0 radical (unpaired) electrons. The number of benzene rings is 1. The van der Waals surface area contributed by atoms with Gasteiger partial charge in [0.1, 0.15) is 22.6 Å². The minimum absolute atomic E-state index is 0.0229. The van der Waals surface area contributed by atoms with Crippen LogP contribution < -0.4 is 21.7 Å². The Hall–Kier alpha value is -3.57. The van der Waals surface area contributed by atoms with E-state index < -0.39 is 0 Å². The molecule has 3 unspecified atom stereocenters. The third-order valence-electron chi connectivity index (χ3n) is 9.97. The minimum atomic E-state index is -0.354. The van der Waals surface area contributed by atoms with E-state index >= 15 is 0 Å². The van der Waals surface area contributed by atoms with Crippen molar-refractivity contribution in [2.75, 3.05) is 52.1 Å². The molecule has 64 heavy (non-hydrogen) atoms. The molecule has 0 saturated heterocycles. The molecular weight excluding hydrogens is 867 g/mol. The van der Waals surface area contributed by atoms with Gasteiger partial charge in [0.05, 0.1) is 11.6 Å². The van der Waals surface area contributed by atoms with Gasteiger partial charge in [0, 0.05) is 68.7 Å². The molecular formula is C48H81N7O6S3. The molecule has 0 bridgehead atoms. The van der Waals surface area contributed by atoms with Gasteiger partial charge in [-0.05, 0) is 92.9 Å².